The number of rotatable bonds is 2. The second kappa shape index (κ2) is 27.4. The van der Waals surface area contributed by atoms with Crippen LogP contribution in [-0.2, 0) is 17.1 Å². The molecule has 0 unspecified atom stereocenters. The average Bonchev–Trinajstić information content (AvgIpc) is 2.40. The minimum absolute atomic E-state index is 0. The maximum Gasteiger partial charge on any atom is 0.335 e. The first kappa shape index (κ1) is 56.2. The Kier molecular flexibility index (Phi) is 53.1. The molecule has 1 radical (unpaired) electrons. The monoisotopic (exact) mass is 475 g/mol. The Labute approximate surface area is 174 Å². The molecular weight excluding hydrogens is 447 g/mol. The first-order chi connectivity index (χ1) is 9.40. The topological polar surface area (TPSA) is 367 Å². The van der Waals surface area contributed by atoms with Crippen molar-refractivity contribution >= 4 is 11.9 Å². The van der Waals surface area contributed by atoms with E-state index < -0.39 is 11.9 Å². The zero-order valence-electron chi connectivity index (χ0n) is 14.6. The van der Waals surface area contributed by atoms with Gasteiger partial charge in [-0.2, -0.15) is 0 Å². The minimum atomic E-state index is -0.986. The van der Waals surface area contributed by atoms with E-state index in [1.165, 1.54) is 48.5 Å². The molecule has 0 amide bonds. The Morgan fingerprint density at radius 2 is 0.655 bits per heavy atom. The van der Waals surface area contributed by atoms with Gasteiger partial charge in [0.05, 0.1) is 11.1 Å². The second-order valence-electron chi connectivity index (χ2n) is 3.70. The molecule has 0 aliphatic rings. The number of carboxylic acids is 2. The van der Waals surface area contributed by atoms with Gasteiger partial charge in [0.15, 0.2) is 0 Å². The zero-order valence-corrected chi connectivity index (χ0v) is 15.8. The molecule has 0 fully saturated rings. The summed E-state index contributed by atoms with van der Waals surface area (Å²) in [5.74, 6) is -1.82. The molecule has 0 spiro atoms. The van der Waals surface area contributed by atoms with Gasteiger partial charge in [-0.05, 0) is 48.5 Å². The van der Waals surface area contributed by atoms with Gasteiger partial charge in [0.25, 0.3) is 0 Å². The molecule has 2 aromatic carbocycles. The Morgan fingerprint density at radius 1 is 0.483 bits per heavy atom. The maximum atomic E-state index is 10.2. The fraction of sp³-hybridized carbons (Fsp3) is 0. The van der Waals surface area contributed by atoms with Crippen molar-refractivity contribution in [1.29, 1.82) is 0 Å². The zero-order chi connectivity index (χ0) is 15.1. The van der Waals surface area contributed by atoms with Crippen LogP contribution in [0.4, 0.5) is 0 Å². The van der Waals surface area contributed by atoms with Gasteiger partial charge in [0.2, 0.25) is 0 Å². The maximum absolute atomic E-state index is 10.2. The Morgan fingerprint density at radius 3 is 0.793 bits per heavy atom. The summed E-state index contributed by atoms with van der Waals surface area (Å²) in [5.41, 5.74) is 0.357. The van der Waals surface area contributed by atoms with Crippen LogP contribution in [0.5, 0.6) is 11.5 Å². The molecule has 0 aliphatic heterocycles. The van der Waals surface area contributed by atoms with E-state index in [1.54, 1.807) is 0 Å². The van der Waals surface area contributed by atoms with E-state index in [0.717, 1.165) is 0 Å². The van der Waals surface area contributed by atoms with E-state index in [9.17, 15) is 9.59 Å². The van der Waals surface area contributed by atoms with E-state index in [0.29, 0.717) is 0 Å². The van der Waals surface area contributed by atoms with Crippen LogP contribution in [0, 0.1) is 0 Å². The number of hydrogen-bond donors (Lipinski definition) is 4. The molecule has 0 bridgehead atoms. The molecular formula is C14H28MnO14. The predicted molar refractivity (Wildman–Crippen MR) is 99.0 cm³/mol. The largest absolute Gasteiger partial charge is 0.508 e. The third-order valence-corrected chi connectivity index (χ3v) is 2.23. The molecule has 15 heteroatoms. The second-order valence-corrected chi connectivity index (χ2v) is 3.70. The number of carboxylic acid groups (broad SMARTS) is 2. The molecule has 20 N–H and O–H groups in total. The van der Waals surface area contributed by atoms with Crippen LogP contribution in [0.2, 0.25) is 0 Å². The van der Waals surface area contributed by atoms with Crippen LogP contribution < -0.4 is 0 Å². The van der Waals surface area contributed by atoms with Crippen LogP contribution >= 0.6 is 0 Å². The van der Waals surface area contributed by atoms with Crippen LogP contribution in [-0.4, -0.2) is 76.2 Å². The Hall–Kier alpha value is -2.82. The van der Waals surface area contributed by atoms with Crippen molar-refractivity contribution in [2.45, 2.75) is 0 Å². The molecule has 14 nitrogen and oxygen atoms in total. The van der Waals surface area contributed by atoms with Crippen molar-refractivity contribution in [2.24, 2.45) is 0 Å². The summed E-state index contributed by atoms with van der Waals surface area (Å²) in [6.07, 6.45) is 0. The van der Waals surface area contributed by atoms with Crippen molar-refractivity contribution in [2.75, 3.05) is 0 Å². The molecule has 175 valence electrons. The molecule has 0 aromatic heterocycles. The van der Waals surface area contributed by atoms with Crippen molar-refractivity contribution in [3.8, 4) is 11.5 Å². The smallest absolute Gasteiger partial charge is 0.335 e. The van der Waals surface area contributed by atoms with Crippen LogP contribution in [0.15, 0.2) is 48.5 Å². The molecule has 0 heterocycles. The van der Waals surface area contributed by atoms with Crippen LogP contribution in [0.25, 0.3) is 0 Å². The summed E-state index contributed by atoms with van der Waals surface area (Å²) < 4.78 is 0. The standard InChI is InChI=1S/2C7H6O3.Mn.8H2O/c2*8-6-3-1-5(2-4-6)7(9)10;;;;;;;;;/h2*1-4,8H,(H,9,10);;8*1H2. The summed E-state index contributed by atoms with van der Waals surface area (Å²) in [5, 5.41) is 34.3. The third-order valence-electron chi connectivity index (χ3n) is 2.23. The number of phenolic OH excluding ortho intramolecular Hbond substituents is 2. The fourth-order valence-electron chi connectivity index (χ4n) is 1.21. The van der Waals surface area contributed by atoms with Gasteiger partial charge in [-0.3, -0.25) is 0 Å². The van der Waals surface area contributed by atoms with Gasteiger partial charge >= 0.3 is 11.9 Å². The summed E-state index contributed by atoms with van der Waals surface area (Å²) >= 11 is 0. The van der Waals surface area contributed by atoms with Gasteiger partial charge in [-0.25, -0.2) is 9.59 Å². The number of aromatic carboxylic acids is 2. The molecule has 29 heavy (non-hydrogen) atoms. The number of benzene rings is 2. The number of carbonyl (C=O) groups is 2. The number of hydrogen-bond acceptors (Lipinski definition) is 4. The SMILES string of the molecule is O.O.O.O.O.O.O.O.O=C(O)c1ccc(O)cc1.O=C(O)c1ccc(O)cc1.[Mn]. The molecule has 2 rings (SSSR count). The number of aromatic hydroxyl groups is 2. The van der Waals surface area contributed by atoms with Gasteiger partial charge in [-0.1, -0.05) is 0 Å². The van der Waals surface area contributed by atoms with Crippen LogP contribution in [0.3, 0.4) is 0 Å². The van der Waals surface area contributed by atoms with E-state index in [-0.39, 0.29) is 83.5 Å². The van der Waals surface area contributed by atoms with Crippen molar-refractivity contribution in [1.82, 2.24) is 0 Å². The van der Waals surface area contributed by atoms with Gasteiger partial charge in [0.1, 0.15) is 11.5 Å². The summed E-state index contributed by atoms with van der Waals surface area (Å²) in [4.78, 5) is 20.5. The molecule has 0 aliphatic carbocycles. The third kappa shape index (κ3) is 21.3. The molecule has 0 saturated heterocycles. The van der Waals surface area contributed by atoms with E-state index >= 15 is 0 Å². The van der Waals surface area contributed by atoms with Gasteiger partial charge in [-0.15, -0.1) is 0 Å². The quantitative estimate of drug-likeness (QED) is 0.310. The summed E-state index contributed by atoms with van der Waals surface area (Å²) in [7, 11) is 0. The minimum Gasteiger partial charge on any atom is -0.508 e. The molecule has 0 atom stereocenters. The summed E-state index contributed by atoms with van der Waals surface area (Å²) in [6.45, 7) is 0. The van der Waals surface area contributed by atoms with E-state index in [1.807, 2.05) is 0 Å². The predicted octanol–water partition coefficient (Wildman–Crippen LogP) is -4.42. The molecule has 0 saturated carbocycles. The van der Waals surface area contributed by atoms with Crippen molar-refractivity contribution < 1.29 is 90.9 Å². The average molecular weight is 475 g/mol. The van der Waals surface area contributed by atoms with E-state index in [4.69, 9.17) is 20.4 Å². The number of phenols is 2. The Bertz CT molecular complexity index is 547. The normalized spacial score (nSPS) is 6.34. The van der Waals surface area contributed by atoms with Crippen molar-refractivity contribution in [3.63, 3.8) is 0 Å². The molecule has 2 aromatic rings. The Balaban J connectivity index is -0.0000000301. The van der Waals surface area contributed by atoms with Crippen LogP contribution in [0.1, 0.15) is 20.7 Å². The van der Waals surface area contributed by atoms with E-state index in [2.05, 4.69) is 0 Å². The van der Waals surface area contributed by atoms with Crippen molar-refractivity contribution in [3.05, 3.63) is 59.7 Å². The first-order valence-corrected chi connectivity index (χ1v) is 5.45. The first-order valence-electron chi connectivity index (χ1n) is 5.45. The van der Waals surface area contributed by atoms with Gasteiger partial charge in [0, 0.05) is 17.1 Å². The summed E-state index contributed by atoms with van der Waals surface area (Å²) in [6, 6.07) is 10.7. The van der Waals surface area contributed by atoms with Gasteiger partial charge < -0.3 is 64.2 Å². The fourth-order valence-corrected chi connectivity index (χ4v) is 1.21.